The van der Waals surface area contributed by atoms with E-state index in [9.17, 15) is 22.0 Å². The van der Waals surface area contributed by atoms with E-state index in [1.807, 2.05) is 19.9 Å². The number of rotatable bonds is 7. The van der Waals surface area contributed by atoms with Gasteiger partial charge in [-0.1, -0.05) is 36.4 Å². The van der Waals surface area contributed by atoms with Crippen molar-refractivity contribution in [2.45, 2.75) is 58.0 Å². The molecule has 1 aliphatic rings. The normalized spacial score (nSPS) is 18.0. The van der Waals surface area contributed by atoms with Crippen molar-refractivity contribution in [1.82, 2.24) is 14.3 Å². The molecule has 0 aliphatic heterocycles. The number of fused-ring (bicyclic) bond motifs is 1. The Morgan fingerprint density at radius 1 is 1.17 bits per heavy atom. The van der Waals surface area contributed by atoms with E-state index in [2.05, 4.69) is 9.71 Å². The lowest BCUT2D eigenvalue weighted by molar-refractivity contribution is 0.412. The largest absolute Gasteiger partial charge is 0.296 e. The molecule has 2 aromatic carbocycles. The molecule has 1 aliphatic carbocycles. The van der Waals surface area contributed by atoms with Crippen LogP contribution in [-0.2, 0) is 22.9 Å². The van der Waals surface area contributed by atoms with Gasteiger partial charge in [0.25, 0.3) is 5.56 Å². The molecule has 0 radical (unpaired) electrons. The van der Waals surface area contributed by atoms with Crippen LogP contribution in [0.5, 0.6) is 0 Å². The average Bonchev–Trinajstić information content (AvgIpc) is 2.82. The first-order chi connectivity index (χ1) is 16.6. The maximum absolute atomic E-state index is 14.4. The molecule has 1 N–H and O–H groups in total. The number of hydrogen-bond acceptors (Lipinski definition) is 4. The van der Waals surface area contributed by atoms with E-state index in [-0.39, 0.29) is 22.9 Å². The number of hydrogen-bond donors (Lipinski definition) is 1. The van der Waals surface area contributed by atoms with Gasteiger partial charge in [-0.2, -0.15) is 0 Å². The Balaban J connectivity index is 1.79. The van der Waals surface area contributed by atoms with Gasteiger partial charge < -0.3 is 0 Å². The third-order valence-corrected chi connectivity index (χ3v) is 8.00. The molecule has 0 bridgehead atoms. The van der Waals surface area contributed by atoms with E-state index in [1.54, 1.807) is 36.0 Å². The van der Waals surface area contributed by atoms with Crippen LogP contribution in [0, 0.1) is 11.6 Å². The van der Waals surface area contributed by atoms with Gasteiger partial charge in [0, 0.05) is 29.1 Å². The average molecular weight is 502 g/mol. The van der Waals surface area contributed by atoms with Crippen LogP contribution in [-0.4, -0.2) is 29.8 Å². The number of nitrogens with one attached hydrogen (secondary N) is 1. The number of aryl methyl sites for hydroxylation is 1. The molecule has 4 rings (SSSR count). The van der Waals surface area contributed by atoms with Gasteiger partial charge in [0.05, 0.1) is 17.8 Å². The predicted molar refractivity (Wildman–Crippen MR) is 132 cm³/mol. The van der Waals surface area contributed by atoms with Crippen LogP contribution < -0.4 is 10.3 Å². The summed E-state index contributed by atoms with van der Waals surface area (Å²) in [6.45, 7) is 5.35. The highest BCUT2D eigenvalue weighted by Gasteiger charge is 2.35. The summed E-state index contributed by atoms with van der Waals surface area (Å²) in [5.41, 5.74) is 2.44. The fraction of sp³-hybridized carbons (Fsp3) is 0.385. The molecular weight excluding hydrogens is 472 g/mol. The van der Waals surface area contributed by atoms with Gasteiger partial charge >= 0.3 is 0 Å². The van der Waals surface area contributed by atoms with Crippen LogP contribution in [0.1, 0.15) is 56.0 Å². The lowest BCUT2D eigenvalue weighted by Crippen LogP contribution is -2.46. The molecular formula is C26H29F2N3O3S. The van der Waals surface area contributed by atoms with Crippen molar-refractivity contribution in [2.75, 3.05) is 5.75 Å². The molecule has 186 valence electrons. The highest BCUT2D eigenvalue weighted by molar-refractivity contribution is 7.89. The summed E-state index contributed by atoms with van der Waals surface area (Å²) in [6.07, 6.45) is 2.89. The summed E-state index contributed by atoms with van der Waals surface area (Å²) in [7, 11) is -3.52. The van der Waals surface area contributed by atoms with E-state index < -0.39 is 33.6 Å². The van der Waals surface area contributed by atoms with Crippen LogP contribution in [0.15, 0.2) is 53.6 Å². The number of nitrogens with zero attached hydrogens (tertiary/aromatic N) is 2. The minimum absolute atomic E-state index is 0.0688. The van der Waals surface area contributed by atoms with Gasteiger partial charge in [-0.25, -0.2) is 26.9 Å². The molecule has 0 spiro atoms. The third-order valence-electron chi connectivity index (χ3n) is 6.57. The Bertz CT molecular complexity index is 1400. The zero-order valence-corrected chi connectivity index (χ0v) is 20.8. The summed E-state index contributed by atoms with van der Waals surface area (Å²) in [4.78, 5) is 18.0. The highest BCUT2D eigenvalue weighted by Crippen LogP contribution is 2.34. The molecule has 9 heteroatoms. The molecule has 35 heavy (non-hydrogen) atoms. The summed E-state index contributed by atoms with van der Waals surface area (Å²) in [5, 5.41) is 0. The maximum Gasteiger partial charge on any atom is 0.257 e. The molecule has 0 amide bonds. The standard InChI is InChI=1S/C26H29F2N3O3S/c1-4-35(33,34)30-22-11-12-23-24(26(32)31(15-29-23)16(2)3)20(22)14-17-7-5-8-18(13-17)19-9-6-10-21(27)25(19)28/h5-10,13,15-16,20,22,30H,4,11-12,14H2,1-3H3. The second kappa shape index (κ2) is 9.99. The molecule has 0 saturated heterocycles. The molecule has 1 heterocycles. The van der Waals surface area contributed by atoms with Gasteiger partial charge in [-0.3, -0.25) is 9.36 Å². The molecule has 1 aromatic heterocycles. The molecule has 6 nitrogen and oxygen atoms in total. The van der Waals surface area contributed by atoms with Crippen molar-refractivity contribution in [3.05, 3.63) is 87.6 Å². The molecule has 2 atom stereocenters. The van der Waals surface area contributed by atoms with Crippen LogP contribution in [0.3, 0.4) is 0 Å². The van der Waals surface area contributed by atoms with Crippen molar-refractivity contribution in [1.29, 1.82) is 0 Å². The van der Waals surface area contributed by atoms with Crippen molar-refractivity contribution in [3.63, 3.8) is 0 Å². The van der Waals surface area contributed by atoms with Gasteiger partial charge in [0.1, 0.15) is 0 Å². The summed E-state index contributed by atoms with van der Waals surface area (Å²) < 4.78 is 57.5. The van der Waals surface area contributed by atoms with Gasteiger partial charge in [0.15, 0.2) is 11.6 Å². The second-order valence-corrected chi connectivity index (χ2v) is 11.2. The summed E-state index contributed by atoms with van der Waals surface area (Å²) in [5.74, 6) is -2.38. The van der Waals surface area contributed by atoms with Crippen molar-refractivity contribution < 1.29 is 17.2 Å². The number of benzene rings is 2. The Kier molecular flexibility index (Phi) is 7.19. The lowest BCUT2D eigenvalue weighted by Gasteiger charge is -2.33. The van der Waals surface area contributed by atoms with E-state index in [0.29, 0.717) is 36.1 Å². The molecule has 3 aromatic rings. The van der Waals surface area contributed by atoms with E-state index in [4.69, 9.17) is 0 Å². The Morgan fingerprint density at radius 3 is 2.63 bits per heavy atom. The van der Waals surface area contributed by atoms with Crippen molar-refractivity contribution >= 4 is 10.0 Å². The minimum atomic E-state index is -3.52. The number of sulfonamides is 1. The highest BCUT2D eigenvalue weighted by atomic mass is 32.2. The second-order valence-electron chi connectivity index (χ2n) is 9.19. The van der Waals surface area contributed by atoms with E-state index in [0.717, 1.165) is 11.6 Å². The fourth-order valence-corrected chi connectivity index (χ4v) is 5.61. The molecule has 0 saturated carbocycles. The van der Waals surface area contributed by atoms with E-state index >= 15 is 0 Å². The minimum Gasteiger partial charge on any atom is -0.296 e. The smallest absolute Gasteiger partial charge is 0.257 e. The first-order valence-electron chi connectivity index (χ1n) is 11.7. The zero-order chi connectivity index (χ0) is 25.3. The third kappa shape index (κ3) is 5.21. The van der Waals surface area contributed by atoms with Crippen LogP contribution >= 0.6 is 0 Å². The maximum atomic E-state index is 14.4. The Labute approximate surface area is 204 Å². The number of halogens is 2. The van der Waals surface area contributed by atoms with E-state index in [1.165, 1.54) is 12.1 Å². The van der Waals surface area contributed by atoms with Gasteiger partial charge in [-0.15, -0.1) is 0 Å². The predicted octanol–water partition coefficient (Wildman–Crippen LogP) is 4.35. The van der Waals surface area contributed by atoms with Crippen LogP contribution in [0.25, 0.3) is 11.1 Å². The lowest BCUT2D eigenvalue weighted by atomic mass is 9.78. The van der Waals surface area contributed by atoms with Crippen molar-refractivity contribution in [3.8, 4) is 11.1 Å². The molecule has 2 unspecified atom stereocenters. The van der Waals surface area contributed by atoms with Crippen molar-refractivity contribution in [2.24, 2.45) is 0 Å². The summed E-state index contributed by atoms with van der Waals surface area (Å²) >= 11 is 0. The first kappa shape index (κ1) is 25.2. The summed E-state index contributed by atoms with van der Waals surface area (Å²) in [6, 6.07) is 10.5. The zero-order valence-electron chi connectivity index (χ0n) is 20.0. The fourth-order valence-electron chi connectivity index (χ4n) is 4.70. The topological polar surface area (TPSA) is 81.1 Å². The van der Waals surface area contributed by atoms with Gasteiger partial charge in [-0.05, 0) is 57.2 Å². The van der Waals surface area contributed by atoms with Crippen LogP contribution in [0.2, 0.25) is 0 Å². The quantitative estimate of drug-likeness (QED) is 0.522. The van der Waals surface area contributed by atoms with Gasteiger partial charge in [0.2, 0.25) is 10.0 Å². The Morgan fingerprint density at radius 2 is 1.91 bits per heavy atom. The molecule has 0 fully saturated rings. The number of aromatic nitrogens is 2. The monoisotopic (exact) mass is 501 g/mol. The first-order valence-corrected chi connectivity index (χ1v) is 13.4. The van der Waals surface area contributed by atoms with Crippen LogP contribution in [0.4, 0.5) is 8.78 Å². The SMILES string of the molecule is CCS(=O)(=O)NC1CCc2ncn(C(C)C)c(=O)c2C1Cc1cccc(-c2cccc(F)c2F)c1. The Hall–Kier alpha value is -2.91.